The summed E-state index contributed by atoms with van der Waals surface area (Å²) in [4.78, 5) is 11.3. The maximum absolute atomic E-state index is 11.3. The van der Waals surface area contributed by atoms with E-state index in [1.807, 2.05) is 29.4 Å². The van der Waals surface area contributed by atoms with Crippen LogP contribution in [-0.2, 0) is 13.1 Å². The highest BCUT2D eigenvalue weighted by Gasteiger charge is 2.19. The topological polar surface area (TPSA) is 52.7 Å². The molecule has 0 amide bonds. The van der Waals surface area contributed by atoms with Gasteiger partial charge in [0.25, 0.3) is 0 Å². The molecule has 0 N–H and O–H groups in total. The lowest BCUT2D eigenvalue weighted by Gasteiger charge is -2.01. The van der Waals surface area contributed by atoms with Crippen molar-refractivity contribution in [3.05, 3.63) is 23.1 Å². The van der Waals surface area contributed by atoms with Gasteiger partial charge in [0.05, 0.1) is 11.3 Å². The van der Waals surface area contributed by atoms with Gasteiger partial charge in [0.1, 0.15) is 5.69 Å². The van der Waals surface area contributed by atoms with E-state index in [2.05, 4.69) is 24.0 Å². The van der Waals surface area contributed by atoms with E-state index in [0.717, 1.165) is 54.9 Å². The smallest absolute Gasteiger partial charge is 0.153 e. The lowest BCUT2D eigenvalue weighted by atomic mass is 10.1. The van der Waals surface area contributed by atoms with Gasteiger partial charge >= 0.3 is 0 Å². The molecular formula is C15H22N4O. The van der Waals surface area contributed by atoms with E-state index in [0.29, 0.717) is 5.56 Å². The van der Waals surface area contributed by atoms with Crippen LogP contribution in [-0.4, -0.2) is 25.8 Å². The molecule has 20 heavy (non-hydrogen) atoms. The Hall–Kier alpha value is -1.91. The van der Waals surface area contributed by atoms with Gasteiger partial charge in [0.2, 0.25) is 0 Å². The molecule has 0 atom stereocenters. The van der Waals surface area contributed by atoms with Crippen molar-refractivity contribution in [2.75, 3.05) is 0 Å². The van der Waals surface area contributed by atoms with Gasteiger partial charge in [-0.2, -0.15) is 10.2 Å². The molecule has 0 aliphatic carbocycles. The second kappa shape index (κ2) is 6.03. The molecule has 0 fully saturated rings. The van der Waals surface area contributed by atoms with E-state index in [9.17, 15) is 4.79 Å². The van der Waals surface area contributed by atoms with Crippen LogP contribution in [0.25, 0.3) is 11.3 Å². The summed E-state index contributed by atoms with van der Waals surface area (Å²) in [6, 6.07) is 0. The summed E-state index contributed by atoms with van der Waals surface area (Å²) in [5, 5.41) is 9.09. The molecule has 0 spiro atoms. The van der Waals surface area contributed by atoms with Crippen molar-refractivity contribution in [2.45, 2.75) is 53.6 Å². The fraction of sp³-hybridized carbons (Fsp3) is 0.533. The molecule has 0 unspecified atom stereocenters. The Morgan fingerprint density at radius 1 is 1.25 bits per heavy atom. The molecule has 2 aromatic rings. The third-order valence-corrected chi connectivity index (χ3v) is 3.58. The maximum atomic E-state index is 11.3. The highest BCUT2D eigenvalue weighted by atomic mass is 16.1. The normalized spacial score (nSPS) is 11.0. The molecule has 0 saturated heterocycles. The monoisotopic (exact) mass is 274 g/mol. The number of aryl methyl sites for hydroxylation is 3. The third-order valence-electron chi connectivity index (χ3n) is 3.58. The molecule has 0 aliphatic heterocycles. The fourth-order valence-corrected chi connectivity index (χ4v) is 2.50. The van der Waals surface area contributed by atoms with Crippen molar-refractivity contribution >= 4 is 6.29 Å². The molecule has 0 aromatic carbocycles. The minimum absolute atomic E-state index is 0.642. The third kappa shape index (κ3) is 2.53. The summed E-state index contributed by atoms with van der Waals surface area (Å²) in [7, 11) is 0. The van der Waals surface area contributed by atoms with Gasteiger partial charge in [-0.25, -0.2) is 0 Å². The number of nitrogens with zero attached hydrogens (tertiary/aromatic N) is 4. The average Bonchev–Trinajstić information content (AvgIpc) is 2.97. The fourth-order valence-electron chi connectivity index (χ4n) is 2.50. The molecule has 5 nitrogen and oxygen atoms in total. The molecule has 0 bridgehead atoms. The first-order chi connectivity index (χ1) is 9.62. The van der Waals surface area contributed by atoms with Crippen LogP contribution in [0.5, 0.6) is 0 Å². The SMILES string of the molecule is CCCCn1cc(C=O)c(-c2c(C)nn(CC)c2C)n1. The molecule has 2 rings (SSSR count). The highest BCUT2D eigenvalue weighted by molar-refractivity contribution is 5.86. The average molecular weight is 274 g/mol. The number of rotatable bonds is 6. The lowest BCUT2D eigenvalue weighted by Crippen LogP contribution is -1.99. The zero-order valence-electron chi connectivity index (χ0n) is 12.7. The summed E-state index contributed by atoms with van der Waals surface area (Å²) >= 11 is 0. The van der Waals surface area contributed by atoms with Gasteiger partial charge < -0.3 is 0 Å². The van der Waals surface area contributed by atoms with Crippen LogP contribution in [0.1, 0.15) is 48.4 Å². The van der Waals surface area contributed by atoms with Gasteiger partial charge in [0, 0.05) is 30.5 Å². The summed E-state index contributed by atoms with van der Waals surface area (Å²) in [5.74, 6) is 0. The van der Waals surface area contributed by atoms with Crippen LogP contribution in [0, 0.1) is 13.8 Å². The summed E-state index contributed by atoms with van der Waals surface area (Å²) in [6.07, 6.45) is 4.89. The Morgan fingerprint density at radius 3 is 2.55 bits per heavy atom. The molecule has 2 heterocycles. The van der Waals surface area contributed by atoms with Crippen molar-refractivity contribution in [1.29, 1.82) is 0 Å². The first-order valence-corrected chi connectivity index (χ1v) is 7.19. The summed E-state index contributed by atoms with van der Waals surface area (Å²) in [5.41, 5.74) is 4.37. The number of carbonyl (C=O) groups is 1. The van der Waals surface area contributed by atoms with E-state index in [-0.39, 0.29) is 0 Å². The largest absolute Gasteiger partial charge is 0.298 e. The van der Waals surface area contributed by atoms with E-state index >= 15 is 0 Å². The molecule has 2 aromatic heterocycles. The molecule has 108 valence electrons. The molecular weight excluding hydrogens is 252 g/mol. The van der Waals surface area contributed by atoms with Crippen molar-refractivity contribution in [3.63, 3.8) is 0 Å². The number of carbonyl (C=O) groups excluding carboxylic acids is 1. The van der Waals surface area contributed by atoms with Crippen LogP contribution in [0.15, 0.2) is 6.20 Å². The first kappa shape index (κ1) is 14.5. The van der Waals surface area contributed by atoms with Crippen LogP contribution >= 0.6 is 0 Å². The van der Waals surface area contributed by atoms with Gasteiger partial charge in [-0.05, 0) is 27.2 Å². The molecule has 0 saturated carbocycles. The second-order valence-electron chi connectivity index (χ2n) is 5.03. The minimum Gasteiger partial charge on any atom is -0.298 e. The number of aldehydes is 1. The van der Waals surface area contributed by atoms with Crippen LogP contribution < -0.4 is 0 Å². The zero-order valence-corrected chi connectivity index (χ0v) is 12.7. The Labute approximate surface area is 119 Å². The predicted octanol–water partition coefficient (Wildman–Crippen LogP) is 3.00. The van der Waals surface area contributed by atoms with E-state index in [1.54, 1.807) is 0 Å². The Bertz CT molecular complexity index is 610. The number of unbranched alkanes of at least 4 members (excludes halogenated alkanes) is 1. The van der Waals surface area contributed by atoms with Crippen LogP contribution in [0.4, 0.5) is 0 Å². The molecule has 5 heteroatoms. The van der Waals surface area contributed by atoms with Gasteiger partial charge in [-0.3, -0.25) is 14.2 Å². The Morgan fingerprint density at radius 2 is 2.00 bits per heavy atom. The molecule has 0 radical (unpaired) electrons. The Kier molecular flexibility index (Phi) is 4.37. The van der Waals surface area contributed by atoms with Crippen molar-refractivity contribution in [3.8, 4) is 11.3 Å². The first-order valence-electron chi connectivity index (χ1n) is 7.19. The van der Waals surface area contributed by atoms with Gasteiger partial charge in [-0.1, -0.05) is 13.3 Å². The quantitative estimate of drug-likeness (QED) is 0.761. The summed E-state index contributed by atoms with van der Waals surface area (Å²) in [6.45, 7) is 9.86. The standard InChI is InChI=1S/C15H22N4O/c1-5-7-8-18-9-13(10-20)15(17-18)14-11(3)16-19(6-2)12(14)4/h9-10H,5-8H2,1-4H3. The van der Waals surface area contributed by atoms with E-state index in [1.165, 1.54) is 0 Å². The van der Waals surface area contributed by atoms with Gasteiger partial charge in [0.15, 0.2) is 6.29 Å². The van der Waals surface area contributed by atoms with E-state index < -0.39 is 0 Å². The van der Waals surface area contributed by atoms with E-state index in [4.69, 9.17) is 0 Å². The maximum Gasteiger partial charge on any atom is 0.153 e. The highest BCUT2D eigenvalue weighted by Crippen LogP contribution is 2.28. The predicted molar refractivity (Wildman–Crippen MR) is 78.9 cm³/mol. The second-order valence-corrected chi connectivity index (χ2v) is 5.03. The van der Waals surface area contributed by atoms with Crippen molar-refractivity contribution in [1.82, 2.24) is 19.6 Å². The van der Waals surface area contributed by atoms with Crippen LogP contribution in [0.3, 0.4) is 0 Å². The minimum atomic E-state index is 0.642. The van der Waals surface area contributed by atoms with Crippen LogP contribution in [0.2, 0.25) is 0 Å². The lowest BCUT2D eigenvalue weighted by molar-refractivity contribution is 0.112. The summed E-state index contributed by atoms with van der Waals surface area (Å²) < 4.78 is 3.81. The van der Waals surface area contributed by atoms with Crippen molar-refractivity contribution < 1.29 is 4.79 Å². The number of hydrogen-bond donors (Lipinski definition) is 0. The zero-order chi connectivity index (χ0) is 14.7. The number of aromatic nitrogens is 4. The Balaban J connectivity index is 2.48. The number of hydrogen-bond acceptors (Lipinski definition) is 3. The molecule has 0 aliphatic rings. The van der Waals surface area contributed by atoms with Gasteiger partial charge in [-0.15, -0.1) is 0 Å². The van der Waals surface area contributed by atoms with Crippen molar-refractivity contribution in [2.24, 2.45) is 0 Å².